The summed E-state index contributed by atoms with van der Waals surface area (Å²) < 4.78 is 0. The van der Waals surface area contributed by atoms with Crippen LogP contribution < -0.4 is 0 Å². The second-order valence-corrected chi connectivity index (χ2v) is 4.17. The van der Waals surface area contributed by atoms with Gasteiger partial charge in [0.15, 0.2) is 0 Å². The molecule has 0 bridgehead atoms. The molecule has 0 radical (unpaired) electrons. The molecule has 3 nitrogen and oxygen atoms in total. The van der Waals surface area contributed by atoms with Gasteiger partial charge in [-0.1, -0.05) is 6.92 Å². The molecule has 0 saturated carbocycles. The number of hydrogen-bond acceptors (Lipinski definition) is 2. The van der Waals surface area contributed by atoms with Gasteiger partial charge in [-0.15, -0.1) is 11.6 Å². The largest absolute Gasteiger partial charge is 0.282 e. The van der Waals surface area contributed by atoms with Gasteiger partial charge in [-0.3, -0.25) is 14.5 Å². The van der Waals surface area contributed by atoms with Crippen LogP contribution in [-0.2, 0) is 9.59 Å². The van der Waals surface area contributed by atoms with Crippen LogP contribution >= 0.6 is 11.6 Å². The van der Waals surface area contributed by atoms with Crippen molar-refractivity contribution in [3.63, 3.8) is 0 Å². The Hall–Kier alpha value is -0.570. The third-order valence-electron chi connectivity index (χ3n) is 2.39. The maximum atomic E-state index is 11.5. The molecule has 0 aromatic rings. The lowest BCUT2D eigenvalue weighted by Gasteiger charge is -2.21. The van der Waals surface area contributed by atoms with Gasteiger partial charge in [-0.25, -0.2) is 0 Å². The Kier molecular flexibility index (Phi) is 4.39. The fraction of sp³-hybridized carbons (Fsp3) is 0.800. The maximum absolute atomic E-state index is 11.5. The van der Waals surface area contributed by atoms with Gasteiger partial charge in [-0.2, -0.15) is 0 Å². The van der Waals surface area contributed by atoms with E-state index in [2.05, 4.69) is 0 Å². The molecular weight excluding hydrogens is 202 g/mol. The van der Waals surface area contributed by atoms with Crippen molar-refractivity contribution in [2.75, 3.05) is 12.4 Å². The SMILES string of the molecule is CC(CCl)CN1C(=O)CCCCC1=O. The molecule has 0 aliphatic carbocycles. The molecule has 1 heterocycles. The Balaban J connectivity index is 2.60. The van der Waals surface area contributed by atoms with Crippen LogP contribution in [0.1, 0.15) is 32.6 Å². The van der Waals surface area contributed by atoms with E-state index in [0.717, 1.165) is 12.8 Å². The van der Waals surface area contributed by atoms with Crippen LogP contribution in [0.2, 0.25) is 0 Å². The molecule has 0 spiro atoms. The van der Waals surface area contributed by atoms with Crippen molar-refractivity contribution in [1.82, 2.24) is 4.90 Å². The van der Waals surface area contributed by atoms with Crippen molar-refractivity contribution in [1.29, 1.82) is 0 Å². The molecule has 1 unspecified atom stereocenters. The third kappa shape index (κ3) is 2.98. The summed E-state index contributed by atoms with van der Waals surface area (Å²) in [5.74, 6) is 0.591. The smallest absolute Gasteiger partial charge is 0.229 e. The topological polar surface area (TPSA) is 37.4 Å². The first-order valence-electron chi connectivity index (χ1n) is 5.04. The number of imide groups is 1. The molecule has 14 heavy (non-hydrogen) atoms. The van der Waals surface area contributed by atoms with Gasteiger partial charge in [0.1, 0.15) is 0 Å². The number of likely N-dealkylation sites (tertiary alicyclic amines) is 1. The van der Waals surface area contributed by atoms with Crippen LogP contribution in [-0.4, -0.2) is 29.1 Å². The number of hydrogen-bond donors (Lipinski definition) is 0. The maximum Gasteiger partial charge on any atom is 0.229 e. The number of alkyl halides is 1. The summed E-state index contributed by atoms with van der Waals surface area (Å²) in [7, 11) is 0. The van der Waals surface area contributed by atoms with E-state index in [-0.39, 0.29) is 17.7 Å². The summed E-state index contributed by atoms with van der Waals surface area (Å²) in [6, 6.07) is 0. The monoisotopic (exact) mass is 217 g/mol. The summed E-state index contributed by atoms with van der Waals surface area (Å²) in [5, 5.41) is 0. The summed E-state index contributed by atoms with van der Waals surface area (Å²) in [6.45, 7) is 2.42. The Morgan fingerprint density at radius 2 is 1.79 bits per heavy atom. The molecule has 80 valence electrons. The highest BCUT2D eigenvalue weighted by atomic mass is 35.5. The molecule has 0 aromatic heterocycles. The van der Waals surface area contributed by atoms with Crippen LogP contribution in [0, 0.1) is 5.92 Å². The zero-order valence-corrected chi connectivity index (χ0v) is 9.22. The first-order valence-corrected chi connectivity index (χ1v) is 5.57. The second kappa shape index (κ2) is 5.35. The second-order valence-electron chi connectivity index (χ2n) is 3.86. The van der Waals surface area contributed by atoms with Gasteiger partial charge in [-0.05, 0) is 18.8 Å². The highest BCUT2D eigenvalue weighted by Crippen LogP contribution is 2.14. The van der Waals surface area contributed by atoms with E-state index in [4.69, 9.17) is 11.6 Å². The predicted molar refractivity (Wildman–Crippen MR) is 55.1 cm³/mol. The number of rotatable bonds is 3. The van der Waals surface area contributed by atoms with Crippen LogP contribution in [0.15, 0.2) is 0 Å². The Morgan fingerprint density at radius 3 is 2.21 bits per heavy atom. The molecule has 0 N–H and O–H groups in total. The Bertz CT molecular complexity index is 212. The van der Waals surface area contributed by atoms with Crippen molar-refractivity contribution >= 4 is 23.4 Å². The molecule has 1 aliphatic heterocycles. The van der Waals surface area contributed by atoms with Crippen molar-refractivity contribution < 1.29 is 9.59 Å². The van der Waals surface area contributed by atoms with Crippen molar-refractivity contribution in [3.8, 4) is 0 Å². The molecule has 1 rings (SSSR count). The molecule has 2 amide bonds. The van der Waals surface area contributed by atoms with E-state index in [1.165, 1.54) is 4.90 Å². The third-order valence-corrected chi connectivity index (χ3v) is 2.92. The van der Waals surface area contributed by atoms with Gasteiger partial charge >= 0.3 is 0 Å². The highest BCUT2D eigenvalue weighted by molar-refractivity contribution is 6.18. The van der Waals surface area contributed by atoms with Gasteiger partial charge in [0.25, 0.3) is 0 Å². The molecule has 1 atom stereocenters. The minimum absolute atomic E-state index is 0.0375. The summed E-state index contributed by atoms with van der Waals surface area (Å²) in [5.41, 5.74) is 0. The van der Waals surface area contributed by atoms with Crippen molar-refractivity contribution in [2.24, 2.45) is 5.92 Å². The van der Waals surface area contributed by atoms with E-state index < -0.39 is 0 Å². The predicted octanol–water partition coefficient (Wildman–Crippen LogP) is 1.79. The molecule has 4 heteroatoms. The number of amides is 2. The van der Waals surface area contributed by atoms with Crippen molar-refractivity contribution in [2.45, 2.75) is 32.6 Å². The van der Waals surface area contributed by atoms with Crippen LogP contribution in [0.5, 0.6) is 0 Å². The zero-order valence-electron chi connectivity index (χ0n) is 8.46. The summed E-state index contributed by atoms with van der Waals surface area (Å²) >= 11 is 5.66. The van der Waals surface area contributed by atoms with E-state index in [9.17, 15) is 9.59 Å². The number of halogens is 1. The number of carbonyl (C=O) groups is 2. The number of nitrogens with zero attached hydrogens (tertiary/aromatic N) is 1. The number of carbonyl (C=O) groups excluding carboxylic acids is 2. The molecule has 0 aromatic carbocycles. The van der Waals surface area contributed by atoms with E-state index in [1.54, 1.807) is 0 Å². The van der Waals surface area contributed by atoms with Crippen LogP contribution in [0.4, 0.5) is 0 Å². The van der Waals surface area contributed by atoms with Gasteiger partial charge in [0.2, 0.25) is 11.8 Å². The van der Waals surface area contributed by atoms with E-state index in [0.29, 0.717) is 25.3 Å². The van der Waals surface area contributed by atoms with Crippen LogP contribution in [0.25, 0.3) is 0 Å². The molecular formula is C10H16ClNO2. The van der Waals surface area contributed by atoms with Gasteiger partial charge < -0.3 is 0 Å². The molecule has 1 saturated heterocycles. The minimum Gasteiger partial charge on any atom is -0.282 e. The van der Waals surface area contributed by atoms with Crippen LogP contribution in [0.3, 0.4) is 0 Å². The molecule has 1 aliphatic rings. The van der Waals surface area contributed by atoms with Crippen molar-refractivity contribution in [3.05, 3.63) is 0 Å². The lowest BCUT2D eigenvalue weighted by Crippen LogP contribution is -2.38. The first-order chi connectivity index (χ1) is 6.65. The molecule has 1 fully saturated rings. The summed E-state index contributed by atoms with van der Waals surface area (Å²) in [4.78, 5) is 24.5. The summed E-state index contributed by atoms with van der Waals surface area (Å²) in [6.07, 6.45) is 2.66. The standard InChI is InChI=1S/C10H16ClNO2/c1-8(6-11)7-12-9(13)4-2-3-5-10(12)14/h8H,2-7H2,1H3. The quantitative estimate of drug-likeness (QED) is 0.534. The Morgan fingerprint density at radius 1 is 1.29 bits per heavy atom. The van der Waals surface area contributed by atoms with Gasteiger partial charge in [0.05, 0.1) is 0 Å². The van der Waals surface area contributed by atoms with E-state index in [1.807, 2.05) is 6.92 Å². The first kappa shape index (κ1) is 11.5. The van der Waals surface area contributed by atoms with E-state index >= 15 is 0 Å². The average molecular weight is 218 g/mol. The normalized spacial score (nSPS) is 20.9. The minimum atomic E-state index is -0.0375. The Labute approximate surface area is 89.4 Å². The fourth-order valence-corrected chi connectivity index (χ4v) is 1.62. The lowest BCUT2D eigenvalue weighted by molar-refractivity contribution is -0.144. The highest BCUT2D eigenvalue weighted by Gasteiger charge is 2.24. The van der Waals surface area contributed by atoms with Gasteiger partial charge in [0, 0.05) is 25.3 Å². The fourth-order valence-electron chi connectivity index (χ4n) is 1.53. The lowest BCUT2D eigenvalue weighted by atomic mass is 10.2. The average Bonchev–Trinajstić information content (AvgIpc) is 2.32. The zero-order chi connectivity index (χ0) is 10.6.